The van der Waals surface area contributed by atoms with E-state index >= 15 is 0 Å². The third-order valence-corrected chi connectivity index (χ3v) is 7.11. The molecule has 3 aromatic rings. The number of amides is 1. The molecule has 6 heteroatoms. The van der Waals surface area contributed by atoms with E-state index in [1.807, 2.05) is 48.2 Å². The van der Waals surface area contributed by atoms with Gasteiger partial charge in [-0.1, -0.05) is 89.9 Å². The molecule has 1 aliphatic rings. The van der Waals surface area contributed by atoms with Crippen molar-refractivity contribution in [1.29, 1.82) is 0 Å². The lowest BCUT2D eigenvalue weighted by atomic mass is 9.86. The van der Waals surface area contributed by atoms with Crippen LogP contribution in [0.1, 0.15) is 36.0 Å². The van der Waals surface area contributed by atoms with Crippen molar-refractivity contribution in [2.75, 3.05) is 13.1 Å². The van der Waals surface area contributed by atoms with E-state index in [0.717, 1.165) is 17.5 Å². The lowest BCUT2D eigenvalue weighted by Gasteiger charge is -2.39. The number of piperidine rings is 1. The second kappa shape index (κ2) is 11.9. The normalized spacial score (nSPS) is 19.1. The molecule has 0 radical (unpaired) electrons. The molecule has 0 bridgehead atoms. The van der Waals surface area contributed by atoms with Crippen molar-refractivity contribution in [2.45, 2.75) is 44.6 Å². The average molecular weight is 497 g/mol. The van der Waals surface area contributed by atoms with Gasteiger partial charge in [-0.15, -0.1) is 0 Å². The van der Waals surface area contributed by atoms with Crippen molar-refractivity contribution < 1.29 is 9.53 Å². The topological polar surface area (TPSA) is 41.6 Å². The Morgan fingerprint density at radius 1 is 1.00 bits per heavy atom. The Bertz CT molecular complexity index is 1080. The third kappa shape index (κ3) is 6.39. The number of nitrogens with zero attached hydrogens (tertiary/aromatic N) is 1. The van der Waals surface area contributed by atoms with E-state index < -0.39 is 0 Å². The molecule has 4 nitrogen and oxygen atoms in total. The van der Waals surface area contributed by atoms with Crippen LogP contribution in [0.4, 0.5) is 0 Å². The van der Waals surface area contributed by atoms with E-state index in [0.29, 0.717) is 36.3 Å². The van der Waals surface area contributed by atoms with Crippen molar-refractivity contribution in [2.24, 2.45) is 0 Å². The molecule has 3 aromatic carbocycles. The minimum absolute atomic E-state index is 0.0671. The van der Waals surface area contributed by atoms with E-state index in [2.05, 4.69) is 41.7 Å². The van der Waals surface area contributed by atoms with E-state index in [-0.39, 0.29) is 24.0 Å². The number of halogens is 2. The Morgan fingerprint density at radius 3 is 2.41 bits per heavy atom. The van der Waals surface area contributed by atoms with Gasteiger partial charge in [0.1, 0.15) is 0 Å². The van der Waals surface area contributed by atoms with Gasteiger partial charge in [0.05, 0.1) is 28.8 Å². The van der Waals surface area contributed by atoms with Crippen LogP contribution in [-0.2, 0) is 22.7 Å². The van der Waals surface area contributed by atoms with Crippen LogP contribution in [0.2, 0.25) is 10.0 Å². The van der Waals surface area contributed by atoms with Crippen LogP contribution in [0.3, 0.4) is 0 Å². The zero-order valence-corrected chi connectivity index (χ0v) is 20.8. The first-order valence-corrected chi connectivity index (χ1v) is 12.4. The van der Waals surface area contributed by atoms with Gasteiger partial charge in [-0.3, -0.25) is 4.79 Å². The quantitative estimate of drug-likeness (QED) is 0.411. The molecule has 1 amide bonds. The molecule has 3 atom stereocenters. The first-order chi connectivity index (χ1) is 16.5. The summed E-state index contributed by atoms with van der Waals surface area (Å²) in [6.07, 6.45) is 0.803. The van der Waals surface area contributed by atoms with E-state index in [1.54, 1.807) is 6.07 Å². The number of carbonyl (C=O) groups is 1. The van der Waals surface area contributed by atoms with Crippen LogP contribution < -0.4 is 5.32 Å². The van der Waals surface area contributed by atoms with Crippen LogP contribution in [0.5, 0.6) is 0 Å². The van der Waals surface area contributed by atoms with Crippen molar-refractivity contribution in [3.63, 3.8) is 0 Å². The summed E-state index contributed by atoms with van der Waals surface area (Å²) in [7, 11) is 0. The zero-order chi connectivity index (χ0) is 23.9. The van der Waals surface area contributed by atoms with Crippen molar-refractivity contribution in [3.8, 4) is 0 Å². The summed E-state index contributed by atoms with van der Waals surface area (Å²) in [6.45, 7) is 4.26. The Labute approximate surface area is 211 Å². The Hall–Kier alpha value is -2.37. The van der Waals surface area contributed by atoms with E-state index in [1.165, 1.54) is 5.56 Å². The first kappa shape index (κ1) is 24.7. The monoisotopic (exact) mass is 496 g/mol. The average Bonchev–Trinajstić information content (AvgIpc) is 2.88. The van der Waals surface area contributed by atoms with Crippen molar-refractivity contribution in [1.82, 2.24) is 10.2 Å². The van der Waals surface area contributed by atoms with Gasteiger partial charge < -0.3 is 15.0 Å². The number of nitrogens with one attached hydrogen (secondary N) is 1. The highest BCUT2D eigenvalue weighted by Crippen LogP contribution is 2.31. The maximum Gasteiger partial charge on any atom is 0.239 e. The molecule has 1 heterocycles. The molecule has 1 N–H and O–H groups in total. The van der Waals surface area contributed by atoms with Gasteiger partial charge in [0.15, 0.2) is 0 Å². The molecule has 0 saturated carbocycles. The minimum Gasteiger partial charge on any atom is -0.371 e. The molecular formula is C28H30Cl2N2O2. The molecule has 0 spiro atoms. The number of carbonyl (C=O) groups excluding carboxylic acids is 1. The minimum atomic E-state index is -0.322. The highest BCUT2D eigenvalue weighted by Gasteiger charge is 2.34. The highest BCUT2D eigenvalue weighted by atomic mass is 35.5. The lowest BCUT2D eigenvalue weighted by Crippen LogP contribution is -2.52. The van der Waals surface area contributed by atoms with Crippen LogP contribution in [0.15, 0.2) is 78.9 Å². The zero-order valence-electron chi connectivity index (χ0n) is 19.3. The van der Waals surface area contributed by atoms with Crippen molar-refractivity contribution in [3.05, 3.63) is 106 Å². The maximum absolute atomic E-state index is 13.3. The van der Waals surface area contributed by atoms with Crippen LogP contribution >= 0.6 is 23.2 Å². The number of likely N-dealkylation sites (tertiary alicyclic amines) is 1. The molecule has 1 saturated heterocycles. The lowest BCUT2D eigenvalue weighted by molar-refractivity contribution is -0.138. The largest absolute Gasteiger partial charge is 0.371 e. The predicted molar refractivity (Wildman–Crippen MR) is 138 cm³/mol. The maximum atomic E-state index is 13.3. The van der Waals surface area contributed by atoms with Gasteiger partial charge in [0, 0.05) is 25.6 Å². The van der Waals surface area contributed by atoms with Gasteiger partial charge in [-0.25, -0.2) is 0 Å². The van der Waals surface area contributed by atoms with Gasteiger partial charge in [-0.05, 0) is 42.2 Å². The van der Waals surface area contributed by atoms with Gasteiger partial charge in [0.25, 0.3) is 0 Å². The molecule has 1 aliphatic heterocycles. The van der Waals surface area contributed by atoms with E-state index in [9.17, 15) is 4.79 Å². The Kier molecular flexibility index (Phi) is 8.63. The fraction of sp³-hybridized carbons (Fsp3) is 0.321. The van der Waals surface area contributed by atoms with Gasteiger partial charge >= 0.3 is 0 Å². The first-order valence-electron chi connectivity index (χ1n) is 11.7. The number of rotatable bonds is 8. The summed E-state index contributed by atoms with van der Waals surface area (Å²) < 4.78 is 6.41. The van der Waals surface area contributed by atoms with Crippen molar-refractivity contribution >= 4 is 29.1 Å². The molecule has 34 heavy (non-hydrogen) atoms. The molecule has 178 valence electrons. The third-order valence-electron chi connectivity index (χ3n) is 6.37. The summed E-state index contributed by atoms with van der Waals surface area (Å²) in [6, 6.07) is 25.8. The van der Waals surface area contributed by atoms with Gasteiger partial charge in [0.2, 0.25) is 5.91 Å². The second-order valence-electron chi connectivity index (χ2n) is 8.78. The van der Waals surface area contributed by atoms with E-state index in [4.69, 9.17) is 27.9 Å². The Balaban J connectivity index is 1.40. The molecule has 0 aromatic heterocycles. The Morgan fingerprint density at radius 2 is 1.71 bits per heavy atom. The molecule has 3 unspecified atom stereocenters. The number of hydrogen-bond acceptors (Lipinski definition) is 3. The standard InChI is InChI=1S/C28H30Cl2N2O2/c1-20(31-17-22-12-13-25(29)26(30)16-22)28(33)32-15-14-24(23-10-6-3-7-11-23)27(18-32)34-19-21-8-4-2-5-9-21/h2-13,16,20,24,27,31H,14-15,17-19H2,1H3. The van der Waals surface area contributed by atoms with Crippen LogP contribution in [0.25, 0.3) is 0 Å². The summed E-state index contributed by atoms with van der Waals surface area (Å²) in [5.41, 5.74) is 3.38. The summed E-state index contributed by atoms with van der Waals surface area (Å²) >= 11 is 12.1. The fourth-order valence-corrected chi connectivity index (χ4v) is 4.75. The molecule has 1 fully saturated rings. The molecular weight excluding hydrogens is 467 g/mol. The van der Waals surface area contributed by atoms with Gasteiger partial charge in [-0.2, -0.15) is 0 Å². The molecule has 4 rings (SSSR count). The molecule has 0 aliphatic carbocycles. The summed E-state index contributed by atoms with van der Waals surface area (Å²) in [4.78, 5) is 15.2. The summed E-state index contributed by atoms with van der Waals surface area (Å²) in [5, 5.41) is 4.36. The highest BCUT2D eigenvalue weighted by molar-refractivity contribution is 6.42. The predicted octanol–water partition coefficient (Wildman–Crippen LogP) is 6.07. The van der Waals surface area contributed by atoms with Crippen LogP contribution in [0, 0.1) is 0 Å². The SMILES string of the molecule is CC(NCc1ccc(Cl)c(Cl)c1)C(=O)N1CCC(c2ccccc2)C(OCc2ccccc2)C1. The number of hydrogen-bond donors (Lipinski definition) is 1. The smallest absolute Gasteiger partial charge is 0.239 e. The second-order valence-corrected chi connectivity index (χ2v) is 9.59. The number of ether oxygens (including phenoxy) is 1. The van der Waals surface area contributed by atoms with Crippen LogP contribution in [-0.4, -0.2) is 36.0 Å². The summed E-state index contributed by atoms with van der Waals surface area (Å²) in [5.74, 6) is 0.341. The number of benzene rings is 3. The fourth-order valence-electron chi connectivity index (χ4n) is 4.43.